The molecule has 0 saturated heterocycles. The third-order valence-electron chi connectivity index (χ3n) is 4.57. The Labute approximate surface area is 219 Å². The highest BCUT2D eigenvalue weighted by molar-refractivity contribution is 6.19. The Morgan fingerprint density at radius 3 is 1.37 bits per heavy atom. The molecular weight excluding hydrogens is 500 g/mol. The van der Waals surface area contributed by atoms with E-state index in [0.717, 1.165) is 20.3 Å². The molecular formula is C27H30O11. The van der Waals surface area contributed by atoms with Crippen LogP contribution in [-0.2, 0) is 29.0 Å². The molecule has 11 heteroatoms. The van der Waals surface area contributed by atoms with E-state index in [0.29, 0.717) is 0 Å². The van der Waals surface area contributed by atoms with Gasteiger partial charge in [-0.2, -0.15) is 9.78 Å². The van der Waals surface area contributed by atoms with E-state index < -0.39 is 52.0 Å². The maximum atomic E-state index is 13.4. The molecule has 0 spiro atoms. The maximum absolute atomic E-state index is 13.4. The topological polar surface area (TPSA) is 141 Å². The Bertz CT molecular complexity index is 1230. The number of carbonyl (C=O) groups excluding carboxylic acids is 5. The molecule has 0 amide bonds. The molecule has 0 aromatic heterocycles. The van der Waals surface area contributed by atoms with Crippen LogP contribution in [0.2, 0.25) is 0 Å². The first-order valence-corrected chi connectivity index (χ1v) is 11.4. The lowest BCUT2D eigenvalue weighted by Crippen LogP contribution is -2.25. The lowest BCUT2D eigenvalue weighted by atomic mass is 9.91. The second-order valence-electron chi connectivity index (χ2n) is 9.93. The first kappa shape index (κ1) is 30.1. The SMILES string of the molecule is COC(=O)c1c(C(=O)OOC(C)(C)C)ccc(C(=O)c2ccc(C(=O)OOC(C)(C)C)cc2)c1C(=O)OC. The van der Waals surface area contributed by atoms with Crippen molar-refractivity contribution in [2.75, 3.05) is 14.2 Å². The van der Waals surface area contributed by atoms with Gasteiger partial charge in [0.2, 0.25) is 0 Å². The van der Waals surface area contributed by atoms with Crippen molar-refractivity contribution >= 4 is 29.7 Å². The summed E-state index contributed by atoms with van der Waals surface area (Å²) < 4.78 is 9.56. The zero-order valence-corrected chi connectivity index (χ0v) is 22.5. The molecule has 0 aliphatic carbocycles. The van der Waals surface area contributed by atoms with Crippen molar-refractivity contribution in [3.05, 3.63) is 69.8 Å². The van der Waals surface area contributed by atoms with Crippen molar-refractivity contribution in [3.8, 4) is 0 Å². The Balaban J connectivity index is 2.53. The second kappa shape index (κ2) is 12.0. The molecule has 0 radical (unpaired) electrons. The fourth-order valence-electron chi connectivity index (χ4n) is 2.92. The van der Waals surface area contributed by atoms with E-state index in [4.69, 9.17) is 29.0 Å². The van der Waals surface area contributed by atoms with Gasteiger partial charge in [0, 0.05) is 11.1 Å². The van der Waals surface area contributed by atoms with E-state index in [9.17, 15) is 24.0 Å². The highest BCUT2D eigenvalue weighted by Gasteiger charge is 2.33. The fourth-order valence-corrected chi connectivity index (χ4v) is 2.92. The normalized spacial score (nSPS) is 11.4. The van der Waals surface area contributed by atoms with Gasteiger partial charge in [0.1, 0.15) is 11.2 Å². The number of hydrogen-bond donors (Lipinski definition) is 0. The van der Waals surface area contributed by atoms with Gasteiger partial charge in [0.15, 0.2) is 5.78 Å². The summed E-state index contributed by atoms with van der Waals surface area (Å²) in [7, 11) is 2.09. The molecule has 2 rings (SSSR count). The minimum atomic E-state index is -1.09. The first-order valence-electron chi connectivity index (χ1n) is 11.4. The van der Waals surface area contributed by atoms with E-state index in [1.54, 1.807) is 41.5 Å². The van der Waals surface area contributed by atoms with Gasteiger partial charge in [-0.1, -0.05) is 12.1 Å². The van der Waals surface area contributed by atoms with Gasteiger partial charge in [0.25, 0.3) is 0 Å². The highest BCUT2D eigenvalue weighted by Crippen LogP contribution is 2.26. The quantitative estimate of drug-likeness (QED) is 0.209. The standard InChI is InChI=1S/C27H30O11/c1-26(2,3)37-35-22(29)16-11-9-15(10-12-16)21(28)17-13-14-18(23(30)36-38-27(4,5)6)20(25(32)34-8)19(17)24(31)33-7/h9-14H,1-8H3. The summed E-state index contributed by atoms with van der Waals surface area (Å²) in [6, 6.07) is 7.62. The van der Waals surface area contributed by atoms with Crippen LogP contribution in [0, 0.1) is 0 Å². The number of ketones is 1. The van der Waals surface area contributed by atoms with Crippen LogP contribution in [-0.4, -0.2) is 55.1 Å². The van der Waals surface area contributed by atoms with Crippen molar-refractivity contribution in [3.63, 3.8) is 0 Å². The Morgan fingerprint density at radius 1 is 0.526 bits per heavy atom. The summed E-state index contributed by atoms with van der Waals surface area (Å²) in [6.45, 7) is 9.99. The van der Waals surface area contributed by atoms with Crippen LogP contribution < -0.4 is 0 Å². The predicted octanol–water partition coefficient (Wildman–Crippen LogP) is 4.26. The molecule has 0 unspecified atom stereocenters. The van der Waals surface area contributed by atoms with Crippen molar-refractivity contribution < 1.29 is 53.0 Å². The lowest BCUT2D eigenvalue weighted by Gasteiger charge is -2.18. The van der Waals surface area contributed by atoms with E-state index >= 15 is 0 Å². The average Bonchev–Trinajstić information content (AvgIpc) is 2.87. The van der Waals surface area contributed by atoms with Gasteiger partial charge in [-0.25, -0.2) is 19.2 Å². The molecule has 11 nitrogen and oxygen atoms in total. The Kier molecular flexibility index (Phi) is 9.49. The summed E-state index contributed by atoms with van der Waals surface area (Å²) in [4.78, 5) is 83.4. The molecule has 0 fully saturated rings. The minimum Gasteiger partial charge on any atom is -0.465 e. The molecule has 0 bridgehead atoms. The van der Waals surface area contributed by atoms with Crippen LogP contribution in [0.25, 0.3) is 0 Å². The Hall–Kier alpha value is -4.09. The van der Waals surface area contributed by atoms with Crippen LogP contribution in [0.1, 0.15) is 98.9 Å². The highest BCUT2D eigenvalue weighted by atomic mass is 17.2. The molecule has 38 heavy (non-hydrogen) atoms. The van der Waals surface area contributed by atoms with Gasteiger partial charge in [-0.3, -0.25) is 14.6 Å². The van der Waals surface area contributed by atoms with Gasteiger partial charge in [0.05, 0.1) is 36.5 Å². The average molecular weight is 531 g/mol. The molecule has 0 aliphatic heterocycles. The monoisotopic (exact) mass is 530 g/mol. The van der Waals surface area contributed by atoms with Crippen LogP contribution >= 0.6 is 0 Å². The largest absolute Gasteiger partial charge is 0.465 e. The molecule has 0 heterocycles. The minimum absolute atomic E-state index is 0.0608. The van der Waals surface area contributed by atoms with E-state index in [1.807, 2.05) is 0 Å². The second-order valence-corrected chi connectivity index (χ2v) is 9.93. The van der Waals surface area contributed by atoms with Gasteiger partial charge >= 0.3 is 23.9 Å². The summed E-state index contributed by atoms with van der Waals surface area (Å²) in [6.07, 6.45) is 0. The molecule has 0 saturated carbocycles. The van der Waals surface area contributed by atoms with Gasteiger partial charge in [-0.05, 0) is 65.8 Å². The third-order valence-corrected chi connectivity index (χ3v) is 4.57. The molecule has 0 N–H and O–H groups in total. The summed E-state index contributed by atoms with van der Waals surface area (Å²) >= 11 is 0. The predicted molar refractivity (Wildman–Crippen MR) is 132 cm³/mol. The van der Waals surface area contributed by atoms with E-state index in [2.05, 4.69) is 0 Å². The van der Waals surface area contributed by atoms with E-state index in [-0.39, 0.29) is 22.3 Å². The fraction of sp³-hybridized carbons (Fsp3) is 0.370. The number of benzene rings is 2. The summed E-state index contributed by atoms with van der Waals surface area (Å²) in [5.74, 6) is -4.72. The number of methoxy groups -OCH3 is 2. The first-order chi connectivity index (χ1) is 17.6. The van der Waals surface area contributed by atoms with Crippen LogP contribution in [0.3, 0.4) is 0 Å². The van der Waals surface area contributed by atoms with Gasteiger partial charge < -0.3 is 9.47 Å². The molecule has 204 valence electrons. The number of esters is 2. The van der Waals surface area contributed by atoms with Crippen LogP contribution in [0.4, 0.5) is 0 Å². The molecule has 2 aromatic rings. The van der Waals surface area contributed by atoms with E-state index in [1.165, 1.54) is 30.3 Å². The molecule has 0 atom stereocenters. The summed E-state index contributed by atoms with van der Waals surface area (Å²) in [5, 5.41) is 0. The maximum Gasteiger partial charge on any atom is 0.374 e. The molecule has 0 aliphatic rings. The Morgan fingerprint density at radius 2 is 0.921 bits per heavy atom. The van der Waals surface area contributed by atoms with Crippen molar-refractivity contribution in [2.24, 2.45) is 0 Å². The number of rotatable bonds is 8. The summed E-state index contributed by atoms with van der Waals surface area (Å²) in [5.41, 5.74) is -3.09. The van der Waals surface area contributed by atoms with Crippen LogP contribution in [0.5, 0.6) is 0 Å². The van der Waals surface area contributed by atoms with Gasteiger partial charge in [-0.15, -0.1) is 0 Å². The number of carbonyl (C=O) groups is 5. The third kappa shape index (κ3) is 7.70. The van der Waals surface area contributed by atoms with Crippen molar-refractivity contribution in [2.45, 2.75) is 52.7 Å². The zero-order chi connectivity index (χ0) is 28.8. The molecule has 2 aromatic carbocycles. The zero-order valence-electron chi connectivity index (χ0n) is 22.5. The smallest absolute Gasteiger partial charge is 0.374 e. The number of hydrogen-bond acceptors (Lipinski definition) is 11. The van der Waals surface area contributed by atoms with Crippen molar-refractivity contribution in [1.29, 1.82) is 0 Å². The van der Waals surface area contributed by atoms with Crippen LogP contribution in [0.15, 0.2) is 36.4 Å². The number of ether oxygens (including phenoxy) is 2. The lowest BCUT2D eigenvalue weighted by molar-refractivity contribution is -0.301. The van der Waals surface area contributed by atoms with Crippen molar-refractivity contribution in [1.82, 2.24) is 0 Å².